The number of halogens is 1. The summed E-state index contributed by atoms with van der Waals surface area (Å²) in [5, 5.41) is 1.54. The molecule has 0 spiro atoms. The third-order valence-corrected chi connectivity index (χ3v) is 14.5. The number of rotatable bonds is 6. The average molecular weight is 866 g/mol. The lowest BCUT2D eigenvalue weighted by Crippen LogP contribution is -2.60. The number of benzene rings is 10. The lowest BCUT2D eigenvalue weighted by molar-refractivity contribution is 0.629. The molecule has 1 aromatic heterocycles. The molecule has 0 saturated carbocycles. The zero-order valence-electron chi connectivity index (χ0n) is 38.6. The molecule has 0 unspecified atom stereocenters. The lowest BCUT2D eigenvalue weighted by atomic mass is 9.34. The summed E-state index contributed by atoms with van der Waals surface area (Å²) in [6.07, 6.45) is 0. The minimum Gasteiger partial charge on any atom is -0.310 e. The fourth-order valence-electron chi connectivity index (χ4n) is 10.5. The maximum absolute atomic E-state index is 15.6. The number of aromatic nitrogens is 1. The highest BCUT2D eigenvalue weighted by Crippen LogP contribution is 2.50. The van der Waals surface area contributed by atoms with E-state index in [4.69, 9.17) is 4.11 Å². The molecule has 0 saturated heterocycles. The number of fused-ring (bicyclic) bond motifs is 7. The molecular formula is C61H40BFN2S. The molecule has 0 amide bonds. The molecule has 10 aromatic carbocycles. The van der Waals surface area contributed by atoms with Gasteiger partial charge in [-0.1, -0.05) is 193 Å². The van der Waals surface area contributed by atoms with E-state index in [1.807, 2.05) is 6.07 Å². The third kappa shape index (κ3) is 6.19. The summed E-state index contributed by atoms with van der Waals surface area (Å²) in [4.78, 5) is 4.75. The van der Waals surface area contributed by atoms with Gasteiger partial charge in [0.1, 0.15) is 5.82 Å². The Hall–Kier alpha value is -7.86. The maximum atomic E-state index is 15.6. The molecule has 2 aliphatic rings. The van der Waals surface area contributed by atoms with Crippen LogP contribution in [-0.2, 0) is 0 Å². The first-order valence-electron chi connectivity index (χ1n) is 23.8. The van der Waals surface area contributed by atoms with E-state index in [9.17, 15) is 0 Å². The van der Waals surface area contributed by atoms with E-state index < -0.39 is 6.85 Å². The predicted octanol–water partition coefficient (Wildman–Crippen LogP) is 14.7. The molecule has 2 nitrogen and oxygen atoms in total. The van der Waals surface area contributed by atoms with Crippen molar-refractivity contribution < 1.29 is 8.50 Å². The minimum absolute atomic E-state index is 0.152. The first-order chi connectivity index (χ1) is 33.8. The van der Waals surface area contributed by atoms with Crippen molar-refractivity contribution in [3.8, 4) is 50.2 Å². The zero-order chi connectivity index (χ0) is 46.4. The summed E-state index contributed by atoms with van der Waals surface area (Å²) in [7, 11) is 0. The van der Waals surface area contributed by atoms with E-state index >= 15 is 4.39 Å². The number of hydrogen-bond acceptors (Lipinski definition) is 2. The van der Waals surface area contributed by atoms with Crippen LogP contribution in [0.3, 0.4) is 0 Å². The molecule has 66 heavy (non-hydrogen) atoms. The molecule has 5 heteroatoms. The second-order valence-electron chi connectivity index (χ2n) is 17.2. The zero-order valence-corrected chi connectivity index (χ0v) is 36.4. The van der Waals surface area contributed by atoms with Gasteiger partial charge in [0.15, 0.2) is 0 Å². The molecule has 2 aliphatic heterocycles. The first kappa shape index (κ1) is 35.5. The maximum Gasteiger partial charge on any atom is 0.249 e. The van der Waals surface area contributed by atoms with E-state index in [0.717, 1.165) is 88.4 Å². The van der Waals surface area contributed by atoms with Crippen molar-refractivity contribution in [1.82, 2.24) is 4.57 Å². The standard InChI is InChI=1S/C61H40BFN2S/c1-39-25-30-54-51(33-39)50-29-28-46(63)36-56(50)64(54)47-37-57-60-59(38-47)66-58-32-27-45(41-17-8-3-9-18-41)35-53(58)62(60)52-34-44(40-15-6-2-7-16-40)26-31-55(52)65(57)61-48(42-19-10-4-11-20-42)23-14-24-49(61)43-21-12-5-13-22-43/h2-38H,1H3/i1D3. The third-order valence-electron chi connectivity index (χ3n) is 13.4. The van der Waals surface area contributed by atoms with Crippen molar-refractivity contribution in [3.63, 3.8) is 0 Å². The second-order valence-corrected chi connectivity index (χ2v) is 18.3. The summed E-state index contributed by atoms with van der Waals surface area (Å²) in [6, 6.07) is 77.6. The van der Waals surface area contributed by atoms with Crippen LogP contribution in [0, 0.1) is 12.7 Å². The van der Waals surface area contributed by atoms with E-state index in [-0.39, 0.29) is 18.1 Å². The van der Waals surface area contributed by atoms with Crippen LogP contribution in [0.1, 0.15) is 9.68 Å². The monoisotopic (exact) mass is 865 g/mol. The lowest BCUT2D eigenvalue weighted by Gasteiger charge is -2.42. The highest BCUT2D eigenvalue weighted by molar-refractivity contribution is 8.00. The van der Waals surface area contributed by atoms with Gasteiger partial charge in [-0.15, -0.1) is 0 Å². The van der Waals surface area contributed by atoms with Crippen molar-refractivity contribution in [1.29, 1.82) is 0 Å². The Kier molecular flexibility index (Phi) is 8.28. The van der Waals surface area contributed by atoms with Crippen molar-refractivity contribution in [2.24, 2.45) is 0 Å². The highest BCUT2D eigenvalue weighted by Gasteiger charge is 2.43. The van der Waals surface area contributed by atoms with Gasteiger partial charge in [-0.3, -0.25) is 0 Å². The first-order valence-corrected chi connectivity index (χ1v) is 23.1. The van der Waals surface area contributed by atoms with Crippen molar-refractivity contribution in [2.75, 3.05) is 4.90 Å². The van der Waals surface area contributed by atoms with Gasteiger partial charge in [0.25, 0.3) is 0 Å². The molecule has 0 radical (unpaired) electrons. The van der Waals surface area contributed by atoms with Crippen molar-refractivity contribution in [2.45, 2.75) is 16.6 Å². The van der Waals surface area contributed by atoms with Gasteiger partial charge in [-0.25, -0.2) is 4.39 Å². The van der Waals surface area contributed by atoms with Crippen LogP contribution in [0.5, 0.6) is 0 Å². The molecule has 13 rings (SSSR count). The quantitative estimate of drug-likeness (QED) is 0.154. The molecular weight excluding hydrogens is 823 g/mol. The summed E-state index contributed by atoms with van der Waals surface area (Å²) in [6.45, 7) is -2.46. The molecule has 0 atom stereocenters. The smallest absolute Gasteiger partial charge is 0.249 e. The van der Waals surface area contributed by atoms with Gasteiger partial charge in [0.2, 0.25) is 6.71 Å². The SMILES string of the molecule is [2H]C([2H])([2H])c1ccc2c(c1)c1ccc(F)cc1n2-c1cc2c3c(c1)N(c1c(-c4ccccc4)cccc1-c1ccccc1)c1ccc(-c4ccccc4)cc1B3c1cc(-c3ccccc3)ccc1S2. The van der Waals surface area contributed by atoms with Crippen LogP contribution < -0.4 is 21.3 Å². The second kappa shape index (κ2) is 15.4. The highest BCUT2D eigenvalue weighted by atomic mass is 32.2. The van der Waals surface area contributed by atoms with E-state index in [2.05, 4.69) is 198 Å². The Morgan fingerprint density at radius 2 is 1.08 bits per heavy atom. The van der Waals surface area contributed by atoms with Gasteiger partial charge in [-0.2, -0.15) is 0 Å². The fraction of sp³-hybridized carbons (Fsp3) is 0.0164. The van der Waals surface area contributed by atoms with Crippen LogP contribution in [0.15, 0.2) is 234 Å². The van der Waals surface area contributed by atoms with Crippen molar-refractivity contribution in [3.05, 3.63) is 236 Å². The summed E-state index contributed by atoms with van der Waals surface area (Å²) in [5.41, 5.74) is 18.3. The molecule has 0 N–H and O–H groups in total. The van der Waals surface area contributed by atoms with Gasteiger partial charge in [0.05, 0.1) is 16.7 Å². The van der Waals surface area contributed by atoms with Gasteiger partial charge >= 0.3 is 0 Å². The summed E-state index contributed by atoms with van der Waals surface area (Å²) in [5.74, 6) is -0.367. The van der Waals surface area contributed by atoms with E-state index in [0.29, 0.717) is 5.52 Å². The van der Waals surface area contributed by atoms with Crippen LogP contribution in [0.4, 0.5) is 21.5 Å². The molecule has 310 valence electrons. The molecule has 0 fully saturated rings. The van der Waals surface area contributed by atoms with Crippen LogP contribution >= 0.6 is 11.8 Å². The summed E-state index contributed by atoms with van der Waals surface area (Å²) >= 11 is 1.77. The van der Waals surface area contributed by atoms with Crippen LogP contribution in [0.25, 0.3) is 72.0 Å². The normalized spacial score (nSPS) is 13.4. The van der Waals surface area contributed by atoms with Crippen LogP contribution in [0.2, 0.25) is 0 Å². The van der Waals surface area contributed by atoms with Crippen molar-refractivity contribution >= 4 is 73.7 Å². The number of para-hydroxylation sites is 1. The Balaban J connectivity index is 1.17. The van der Waals surface area contributed by atoms with E-state index in [1.54, 1.807) is 36.0 Å². The van der Waals surface area contributed by atoms with Gasteiger partial charge < -0.3 is 9.47 Å². The van der Waals surface area contributed by atoms with Crippen LogP contribution in [-0.4, -0.2) is 11.3 Å². The number of aryl methyl sites for hydroxylation is 1. The molecule has 0 aliphatic carbocycles. The van der Waals surface area contributed by atoms with Gasteiger partial charge in [-0.05, 0) is 106 Å². The Bertz CT molecular complexity index is 3760. The van der Waals surface area contributed by atoms with Gasteiger partial charge in [0, 0.05) is 52.9 Å². The Labute approximate surface area is 392 Å². The van der Waals surface area contributed by atoms with E-state index in [1.165, 1.54) is 27.4 Å². The predicted molar refractivity (Wildman–Crippen MR) is 277 cm³/mol. The number of hydrogen-bond donors (Lipinski definition) is 0. The Morgan fingerprint density at radius 1 is 0.455 bits per heavy atom. The molecule has 0 bridgehead atoms. The molecule has 11 aromatic rings. The fourth-order valence-corrected chi connectivity index (χ4v) is 11.7. The Morgan fingerprint density at radius 3 is 1.73 bits per heavy atom. The number of nitrogens with zero attached hydrogens (tertiary/aromatic N) is 2. The molecule has 3 heterocycles. The minimum atomic E-state index is -2.31. The average Bonchev–Trinajstić information content (AvgIpc) is 3.71. The largest absolute Gasteiger partial charge is 0.310 e. The number of anilines is 3. The topological polar surface area (TPSA) is 8.17 Å². The summed E-state index contributed by atoms with van der Waals surface area (Å²) < 4.78 is 42.7.